The number of piperidine rings is 1. The van der Waals surface area contributed by atoms with Gasteiger partial charge in [0.1, 0.15) is 7.11 Å². The third kappa shape index (κ3) is 8.52. The zero-order valence-corrected chi connectivity index (χ0v) is 27.2. The lowest BCUT2D eigenvalue weighted by atomic mass is 9.89. The standard InChI is InChI=1S/C30H37Cl4N5O3/c1-36-12-13-39(29(40)19-36)24-6-9-38(10-7-24)11-8-25(20-4-5-26(33)27(34)16-20)28(35-42-3)18-37(2)30(41)21-14-22(31)17-23(32)15-21/h4-5,14-17,24-25H,6-13,18-19H2,1-3H3/b35-28+. The SMILES string of the molecule is CO/N=C(\CN(C)C(=O)c1cc(Cl)cc(Cl)c1)C(CCN1CCC(N2CCN(C)CC2=O)CC1)c1ccc(Cl)c(Cl)c1. The van der Waals surface area contributed by atoms with Gasteiger partial charge in [0.2, 0.25) is 5.91 Å². The molecular formula is C30H37Cl4N5O3. The molecule has 2 amide bonds. The minimum atomic E-state index is -0.239. The number of likely N-dealkylation sites (tertiary alicyclic amines) is 1. The summed E-state index contributed by atoms with van der Waals surface area (Å²) >= 11 is 25.0. The van der Waals surface area contributed by atoms with Crippen molar-refractivity contribution in [3.8, 4) is 0 Å². The Balaban J connectivity index is 1.47. The monoisotopic (exact) mass is 655 g/mol. The minimum Gasteiger partial charge on any atom is -0.399 e. The van der Waals surface area contributed by atoms with Crippen molar-refractivity contribution in [3.63, 3.8) is 0 Å². The molecule has 1 atom stereocenters. The van der Waals surface area contributed by atoms with E-state index in [1.165, 1.54) is 7.11 Å². The summed E-state index contributed by atoms with van der Waals surface area (Å²) in [6, 6.07) is 10.6. The Bertz CT molecular complexity index is 1280. The molecule has 42 heavy (non-hydrogen) atoms. The summed E-state index contributed by atoms with van der Waals surface area (Å²) in [6.45, 7) is 5.04. The lowest BCUT2D eigenvalue weighted by Gasteiger charge is -2.42. The number of carbonyl (C=O) groups excluding carboxylic acids is 2. The van der Waals surface area contributed by atoms with Crippen LogP contribution >= 0.6 is 46.4 Å². The first-order chi connectivity index (χ1) is 20.0. The molecule has 0 saturated carbocycles. The van der Waals surface area contributed by atoms with Gasteiger partial charge in [0, 0.05) is 60.8 Å². The van der Waals surface area contributed by atoms with Crippen molar-refractivity contribution >= 4 is 63.9 Å². The summed E-state index contributed by atoms with van der Waals surface area (Å²) in [5.41, 5.74) is 2.00. The van der Waals surface area contributed by atoms with Crippen molar-refractivity contribution in [2.75, 3.05) is 67.0 Å². The van der Waals surface area contributed by atoms with E-state index >= 15 is 0 Å². The number of benzene rings is 2. The van der Waals surface area contributed by atoms with Crippen LogP contribution in [0, 0.1) is 0 Å². The van der Waals surface area contributed by atoms with Gasteiger partial charge in [-0.2, -0.15) is 0 Å². The number of halogens is 4. The number of hydrogen-bond donors (Lipinski definition) is 0. The molecule has 0 radical (unpaired) electrons. The van der Waals surface area contributed by atoms with E-state index in [-0.39, 0.29) is 24.3 Å². The third-order valence-corrected chi connectivity index (χ3v) is 9.17. The first-order valence-corrected chi connectivity index (χ1v) is 15.5. The van der Waals surface area contributed by atoms with Crippen molar-refractivity contribution in [2.24, 2.45) is 5.16 Å². The predicted octanol–water partition coefficient (Wildman–Crippen LogP) is 5.79. The largest absolute Gasteiger partial charge is 0.399 e. The molecule has 2 aliphatic rings. The molecule has 0 bridgehead atoms. The molecule has 4 rings (SSSR count). The highest BCUT2D eigenvalue weighted by Gasteiger charge is 2.31. The van der Waals surface area contributed by atoms with Gasteiger partial charge >= 0.3 is 0 Å². The Kier molecular flexibility index (Phi) is 11.8. The lowest BCUT2D eigenvalue weighted by Crippen LogP contribution is -2.55. The van der Waals surface area contributed by atoms with E-state index in [9.17, 15) is 9.59 Å². The number of carbonyl (C=O) groups is 2. The maximum Gasteiger partial charge on any atom is 0.254 e. The van der Waals surface area contributed by atoms with Crippen LogP contribution < -0.4 is 0 Å². The maximum atomic E-state index is 13.3. The summed E-state index contributed by atoms with van der Waals surface area (Å²) in [4.78, 5) is 39.3. The average Bonchev–Trinajstić information content (AvgIpc) is 2.94. The molecule has 0 N–H and O–H groups in total. The zero-order valence-electron chi connectivity index (χ0n) is 24.2. The molecular weight excluding hydrogens is 620 g/mol. The highest BCUT2D eigenvalue weighted by Crippen LogP contribution is 2.31. The highest BCUT2D eigenvalue weighted by atomic mass is 35.5. The summed E-state index contributed by atoms with van der Waals surface area (Å²) in [5, 5.41) is 6.08. The summed E-state index contributed by atoms with van der Waals surface area (Å²) in [5.74, 6) is -0.201. The molecule has 0 aromatic heterocycles. The molecule has 2 aliphatic heterocycles. The van der Waals surface area contributed by atoms with Gasteiger partial charge in [0.25, 0.3) is 5.91 Å². The van der Waals surface area contributed by atoms with E-state index < -0.39 is 0 Å². The van der Waals surface area contributed by atoms with E-state index in [4.69, 9.17) is 51.2 Å². The average molecular weight is 657 g/mol. The van der Waals surface area contributed by atoms with Crippen LogP contribution in [0.4, 0.5) is 0 Å². The van der Waals surface area contributed by atoms with Crippen LogP contribution in [0.1, 0.15) is 41.1 Å². The number of rotatable bonds is 10. The molecule has 8 nitrogen and oxygen atoms in total. The van der Waals surface area contributed by atoms with Crippen molar-refractivity contribution in [1.82, 2.24) is 19.6 Å². The normalized spacial score (nSPS) is 18.3. The third-order valence-electron chi connectivity index (χ3n) is 7.99. The topological polar surface area (TPSA) is 68.7 Å². The fourth-order valence-corrected chi connectivity index (χ4v) is 6.58. The molecule has 2 aromatic rings. The second-order valence-corrected chi connectivity index (χ2v) is 12.7. The fourth-order valence-electron chi connectivity index (χ4n) is 5.74. The second-order valence-electron chi connectivity index (χ2n) is 11.0. The van der Waals surface area contributed by atoms with Gasteiger partial charge in [-0.3, -0.25) is 14.5 Å². The number of oxime groups is 1. The van der Waals surface area contributed by atoms with Crippen LogP contribution in [0.2, 0.25) is 20.1 Å². The first kappa shape index (κ1) is 32.8. The molecule has 2 saturated heterocycles. The molecule has 2 fully saturated rings. The Morgan fingerprint density at radius 2 is 1.71 bits per heavy atom. The Labute approximate surface area is 268 Å². The van der Waals surface area contributed by atoms with Gasteiger partial charge in [-0.1, -0.05) is 57.6 Å². The fraction of sp³-hybridized carbons (Fsp3) is 0.500. The smallest absolute Gasteiger partial charge is 0.254 e. The Hall–Kier alpha value is -2.07. The van der Waals surface area contributed by atoms with Gasteiger partial charge in [0.05, 0.1) is 28.8 Å². The maximum absolute atomic E-state index is 13.3. The molecule has 2 heterocycles. The van der Waals surface area contributed by atoms with Gasteiger partial charge in [-0.05, 0) is 68.8 Å². The van der Waals surface area contributed by atoms with Crippen LogP contribution in [-0.2, 0) is 9.63 Å². The van der Waals surface area contributed by atoms with Crippen molar-refractivity contribution in [1.29, 1.82) is 0 Å². The van der Waals surface area contributed by atoms with Crippen LogP contribution in [0.3, 0.4) is 0 Å². The predicted molar refractivity (Wildman–Crippen MR) is 170 cm³/mol. The number of likely N-dealkylation sites (N-methyl/N-ethyl adjacent to an activating group) is 1. The summed E-state index contributed by atoms with van der Waals surface area (Å²) in [7, 11) is 5.19. The van der Waals surface area contributed by atoms with Gasteiger partial charge in [0.15, 0.2) is 0 Å². The molecule has 228 valence electrons. The van der Waals surface area contributed by atoms with Crippen LogP contribution in [-0.4, -0.2) is 110 Å². The van der Waals surface area contributed by atoms with Crippen LogP contribution in [0.5, 0.6) is 0 Å². The van der Waals surface area contributed by atoms with Gasteiger partial charge < -0.3 is 19.5 Å². The van der Waals surface area contributed by atoms with E-state index in [1.807, 2.05) is 19.2 Å². The van der Waals surface area contributed by atoms with Crippen LogP contribution in [0.15, 0.2) is 41.6 Å². The highest BCUT2D eigenvalue weighted by molar-refractivity contribution is 6.42. The Morgan fingerprint density at radius 1 is 1.02 bits per heavy atom. The minimum absolute atomic E-state index is 0.185. The van der Waals surface area contributed by atoms with Crippen molar-refractivity contribution < 1.29 is 14.4 Å². The first-order valence-electron chi connectivity index (χ1n) is 14.0. The quantitative estimate of drug-likeness (QED) is 0.239. The summed E-state index contributed by atoms with van der Waals surface area (Å²) in [6.07, 6.45) is 2.62. The number of nitrogens with zero attached hydrogens (tertiary/aromatic N) is 5. The zero-order chi connectivity index (χ0) is 30.4. The molecule has 0 aliphatic carbocycles. The lowest BCUT2D eigenvalue weighted by molar-refractivity contribution is -0.139. The number of piperazine rings is 1. The summed E-state index contributed by atoms with van der Waals surface area (Å²) < 4.78 is 0. The van der Waals surface area contributed by atoms with E-state index in [0.717, 1.165) is 57.5 Å². The second kappa shape index (κ2) is 15.1. The van der Waals surface area contributed by atoms with Crippen molar-refractivity contribution in [3.05, 3.63) is 67.6 Å². The van der Waals surface area contributed by atoms with Gasteiger partial charge in [-0.25, -0.2) is 0 Å². The van der Waals surface area contributed by atoms with Crippen molar-refractivity contribution in [2.45, 2.75) is 31.2 Å². The van der Waals surface area contributed by atoms with E-state index in [2.05, 4.69) is 19.9 Å². The van der Waals surface area contributed by atoms with E-state index in [0.29, 0.717) is 44.0 Å². The van der Waals surface area contributed by atoms with Crippen LogP contribution in [0.25, 0.3) is 0 Å². The van der Waals surface area contributed by atoms with E-state index in [1.54, 1.807) is 36.2 Å². The number of hydrogen-bond acceptors (Lipinski definition) is 6. The molecule has 2 aromatic carbocycles. The molecule has 1 unspecified atom stereocenters. The Morgan fingerprint density at radius 3 is 2.33 bits per heavy atom. The number of amides is 2. The molecule has 0 spiro atoms. The molecule has 12 heteroatoms. The van der Waals surface area contributed by atoms with Gasteiger partial charge in [-0.15, -0.1) is 0 Å².